The van der Waals surface area contributed by atoms with Crippen LogP contribution in [0, 0.1) is 0 Å². The maximum Gasteiger partial charge on any atom is 0.127 e. The number of ether oxygens (including phenoxy) is 1. The molecule has 0 N–H and O–H groups in total. The predicted octanol–water partition coefficient (Wildman–Crippen LogP) is 4.79. The van der Waals surface area contributed by atoms with Crippen molar-refractivity contribution in [1.82, 2.24) is 15.0 Å². The van der Waals surface area contributed by atoms with E-state index in [4.69, 9.17) is 4.74 Å². The Hall–Kier alpha value is -2.92. The smallest absolute Gasteiger partial charge is 0.127 e. The number of hydrogen-bond acceptors (Lipinski definition) is 4. The molecule has 0 aliphatic heterocycles. The van der Waals surface area contributed by atoms with Crippen LogP contribution in [0.5, 0.6) is 11.5 Å². The second-order valence-electron chi connectivity index (χ2n) is 4.93. The van der Waals surface area contributed by atoms with Crippen LogP contribution in [0.3, 0.4) is 0 Å². The number of rotatable bonds is 4. The van der Waals surface area contributed by atoms with E-state index in [0.717, 1.165) is 27.8 Å². The molecule has 112 valence electrons. The molecular formula is C18H13N3OS. The van der Waals surface area contributed by atoms with Gasteiger partial charge in [0.2, 0.25) is 0 Å². The van der Waals surface area contributed by atoms with E-state index >= 15 is 0 Å². The van der Waals surface area contributed by atoms with Crippen molar-refractivity contribution in [3.63, 3.8) is 0 Å². The van der Waals surface area contributed by atoms with Gasteiger partial charge < -0.3 is 4.74 Å². The summed E-state index contributed by atoms with van der Waals surface area (Å²) in [5.41, 5.74) is 1.82. The van der Waals surface area contributed by atoms with Gasteiger partial charge in [-0.3, -0.25) is 0 Å². The Morgan fingerprint density at radius 1 is 0.826 bits per heavy atom. The molecule has 4 nitrogen and oxygen atoms in total. The summed E-state index contributed by atoms with van der Waals surface area (Å²) < 4.78 is 7.55. The molecule has 0 bridgehead atoms. The molecule has 5 heteroatoms. The van der Waals surface area contributed by atoms with Crippen LogP contribution in [-0.4, -0.2) is 15.0 Å². The van der Waals surface area contributed by atoms with Crippen molar-refractivity contribution in [2.24, 2.45) is 0 Å². The molecule has 4 rings (SSSR count). The van der Waals surface area contributed by atoms with Crippen LogP contribution in [0.2, 0.25) is 0 Å². The van der Waals surface area contributed by atoms with Crippen LogP contribution >= 0.6 is 11.3 Å². The van der Waals surface area contributed by atoms with Crippen LogP contribution in [0.4, 0.5) is 0 Å². The number of thiophene rings is 1. The number of aromatic nitrogens is 3. The molecule has 0 unspecified atom stereocenters. The lowest BCUT2D eigenvalue weighted by Crippen LogP contribution is -1.94. The van der Waals surface area contributed by atoms with Gasteiger partial charge in [-0.05, 0) is 47.8 Å². The minimum Gasteiger partial charge on any atom is -0.457 e. The van der Waals surface area contributed by atoms with Crippen LogP contribution in [0.25, 0.3) is 16.3 Å². The van der Waals surface area contributed by atoms with Gasteiger partial charge in [0.1, 0.15) is 17.2 Å². The summed E-state index contributed by atoms with van der Waals surface area (Å²) in [5.74, 6) is 1.61. The Morgan fingerprint density at radius 3 is 2.35 bits per heavy atom. The van der Waals surface area contributed by atoms with E-state index < -0.39 is 0 Å². The van der Waals surface area contributed by atoms with E-state index in [-0.39, 0.29) is 0 Å². The van der Waals surface area contributed by atoms with Gasteiger partial charge >= 0.3 is 0 Å². The molecule has 2 aromatic carbocycles. The Balaban J connectivity index is 1.54. The lowest BCUT2D eigenvalue weighted by molar-refractivity contribution is 0.482. The van der Waals surface area contributed by atoms with Gasteiger partial charge in [-0.1, -0.05) is 29.5 Å². The molecule has 0 saturated heterocycles. The Kier molecular flexibility index (Phi) is 3.62. The predicted molar refractivity (Wildman–Crippen MR) is 91.2 cm³/mol. The molecule has 0 saturated carbocycles. The number of para-hydroxylation sites is 1. The molecular weight excluding hydrogens is 306 g/mol. The molecule has 0 aliphatic carbocycles. The van der Waals surface area contributed by atoms with Gasteiger partial charge in [0.05, 0.1) is 16.8 Å². The van der Waals surface area contributed by atoms with Crippen LogP contribution in [0.1, 0.15) is 0 Å². The first kappa shape index (κ1) is 13.7. The first-order chi connectivity index (χ1) is 11.4. The van der Waals surface area contributed by atoms with E-state index in [1.807, 2.05) is 78.3 Å². The van der Waals surface area contributed by atoms with Crippen molar-refractivity contribution >= 4 is 11.3 Å². The summed E-state index contributed by atoms with van der Waals surface area (Å²) in [7, 11) is 0. The van der Waals surface area contributed by atoms with Gasteiger partial charge in [-0.2, -0.15) is 0 Å². The molecule has 0 spiro atoms. The normalized spacial score (nSPS) is 10.6. The standard InChI is InChI=1S/C18H13N3OS/c1-2-5-15(6-3-1)22-16-10-8-14(9-11-16)21-13-17(19-20-21)18-7-4-12-23-18/h1-13H. The van der Waals surface area contributed by atoms with Gasteiger partial charge in [0, 0.05) is 0 Å². The molecule has 2 heterocycles. The second-order valence-corrected chi connectivity index (χ2v) is 5.88. The SMILES string of the molecule is c1ccc(Oc2ccc(-n3cc(-c4cccs4)nn3)cc2)cc1. The first-order valence-corrected chi connectivity index (χ1v) is 8.06. The maximum absolute atomic E-state index is 5.79. The fourth-order valence-corrected chi connectivity index (χ4v) is 2.89. The fourth-order valence-electron chi connectivity index (χ4n) is 2.22. The quantitative estimate of drug-likeness (QED) is 0.543. The van der Waals surface area contributed by atoms with E-state index in [1.54, 1.807) is 16.0 Å². The molecule has 23 heavy (non-hydrogen) atoms. The van der Waals surface area contributed by atoms with Crippen molar-refractivity contribution in [3.05, 3.63) is 78.3 Å². The van der Waals surface area contributed by atoms with Crippen molar-refractivity contribution in [1.29, 1.82) is 0 Å². The molecule has 0 radical (unpaired) electrons. The Labute approximate surface area is 137 Å². The first-order valence-electron chi connectivity index (χ1n) is 7.18. The zero-order valence-electron chi connectivity index (χ0n) is 12.2. The fraction of sp³-hybridized carbons (Fsp3) is 0. The number of nitrogens with zero attached hydrogens (tertiary/aromatic N) is 3. The lowest BCUT2D eigenvalue weighted by Gasteiger charge is -2.06. The largest absolute Gasteiger partial charge is 0.457 e. The summed E-state index contributed by atoms with van der Waals surface area (Å²) in [4.78, 5) is 1.11. The van der Waals surface area contributed by atoms with Crippen molar-refractivity contribution in [2.75, 3.05) is 0 Å². The van der Waals surface area contributed by atoms with Gasteiger partial charge in [-0.25, -0.2) is 4.68 Å². The summed E-state index contributed by atoms with van der Waals surface area (Å²) >= 11 is 1.65. The van der Waals surface area contributed by atoms with Crippen molar-refractivity contribution < 1.29 is 4.74 Å². The van der Waals surface area contributed by atoms with Gasteiger partial charge in [0.25, 0.3) is 0 Å². The lowest BCUT2D eigenvalue weighted by atomic mass is 10.3. The van der Waals surface area contributed by atoms with Crippen LogP contribution in [0.15, 0.2) is 78.3 Å². The Morgan fingerprint density at radius 2 is 1.61 bits per heavy atom. The average molecular weight is 319 g/mol. The Bertz CT molecular complexity index is 884. The van der Waals surface area contributed by atoms with Crippen molar-refractivity contribution in [2.45, 2.75) is 0 Å². The van der Waals surface area contributed by atoms with E-state index in [2.05, 4.69) is 10.3 Å². The highest BCUT2D eigenvalue weighted by Crippen LogP contribution is 2.24. The minimum atomic E-state index is 0.790. The molecule has 0 atom stereocenters. The summed E-state index contributed by atoms with van der Waals surface area (Å²) in [6.45, 7) is 0. The van der Waals surface area contributed by atoms with E-state index in [9.17, 15) is 0 Å². The monoisotopic (exact) mass is 319 g/mol. The highest BCUT2D eigenvalue weighted by molar-refractivity contribution is 7.13. The van der Waals surface area contributed by atoms with Crippen molar-refractivity contribution in [3.8, 4) is 27.8 Å². The van der Waals surface area contributed by atoms with Gasteiger partial charge in [-0.15, -0.1) is 16.4 Å². The van der Waals surface area contributed by atoms with Gasteiger partial charge in [0.15, 0.2) is 0 Å². The third-order valence-corrected chi connectivity index (χ3v) is 4.24. The number of benzene rings is 2. The van der Waals surface area contributed by atoms with E-state index in [0.29, 0.717) is 0 Å². The number of hydrogen-bond donors (Lipinski definition) is 0. The van der Waals surface area contributed by atoms with E-state index in [1.165, 1.54) is 0 Å². The summed E-state index contributed by atoms with van der Waals surface area (Å²) in [6.07, 6.45) is 1.93. The molecule has 0 fully saturated rings. The third-order valence-electron chi connectivity index (χ3n) is 3.35. The molecule has 4 aromatic rings. The topological polar surface area (TPSA) is 39.9 Å². The average Bonchev–Trinajstić information content (AvgIpc) is 3.28. The van der Waals surface area contributed by atoms with Crippen LogP contribution < -0.4 is 4.74 Å². The van der Waals surface area contributed by atoms with Crippen LogP contribution in [-0.2, 0) is 0 Å². The zero-order chi connectivity index (χ0) is 15.5. The molecule has 0 aliphatic rings. The zero-order valence-corrected chi connectivity index (χ0v) is 13.0. The summed E-state index contributed by atoms with van der Waals surface area (Å²) in [6, 6.07) is 21.5. The highest BCUT2D eigenvalue weighted by Gasteiger charge is 2.06. The summed E-state index contributed by atoms with van der Waals surface area (Å²) in [5, 5.41) is 10.4. The molecule has 2 aromatic heterocycles. The second kappa shape index (κ2) is 6.06. The highest BCUT2D eigenvalue weighted by atomic mass is 32.1. The maximum atomic E-state index is 5.79. The minimum absolute atomic E-state index is 0.790. The third kappa shape index (κ3) is 3.00. The molecule has 0 amide bonds.